The van der Waals surface area contributed by atoms with E-state index in [1.54, 1.807) is 11.0 Å². The van der Waals surface area contributed by atoms with E-state index in [1.165, 1.54) is 36.4 Å². The molecule has 30 heavy (non-hydrogen) atoms. The van der Waals surface area contributed by atoms with Gasteiger partial charge in [0, 0.05) is 44.4 Å². The van der Waals surface area contributed by atoms with E-state index >= 15 is 0 Å². The summed E-state index contributed by atoms with van der Waals surface area (Å²) in [5.41, 5.74) is 0.231. The Morgan fingerprint density at radius 3 is 2.30 bits per heavy atom. The second-order valence-corrected chi connectivity index (χ2v) is 7.19. The molecule has 3 rings (SSSR count). The van der Waals surface area contributed by atoms with Crippen molar-refractivity contribution < 1.29 is 14.6 Å². The van der Waals surface area contributed by atoms with Crippen LogP contribution in [-0.2, 0) is 0 Å². The Hall–Kier alpha value is -3.31. The molecule has 2 aromatic rings. The van der Waals surface area contributed by atoms with Gasteiger partial charge in [0.25, 0.3) is 17.3 Å². The fourth-order valence-corrected chi connectivity index (χ4v) is 3.65. The van der Waals surface area contributed by atoms with Crippen molar-refractivity contribution in [3.8, 4) is 0 Å². The first-order valence-electron chi connectivity index (χ1n) is 8.80. The summed E-state index contributed by atoms with van der Waals surface area (Å²) in [7, 11) is 0. The topological polar surface area (TPSA) is 122 Å². The van der Waals surface area contributed by atoms with Crippen LogP contribution in [0.15, 0.2) is 42.5 Å². The lowest BCUT2D eigenvalue weighted by Crippen LogP contribution is -2.52. The molecule has 1 amide bonds. The molecule has 1 saturated heterocycles. The molecule has 0 radical (unpaired) electrons. The number of halogens is 1. The zero-order valence-corrected chi connectivity index (χ0v) is 17.1. The normalized spacial score (nSPS) is 13.6. The van der Waals surface area contributed by atoms with Gasteiger partial charge in [-0.2, -0.15) is 0 Å². The number of nitrogens with one attached hydrogen (secondary N) is 1. The summed E-state index contributed by atoms with van der Waals surface area (Å²) < 4.78 is 0. The number of non-ortho nitro benzene ring substituents is 1. The number of hydrogen-bond acceptors (Lipinski definition) is 7. The van der Waals surface area contributed by atoms with Gasteiger partial charge in [-0.15, -0.1) is 0 Å². The molecular formula is C18H16ClN5O5S. The SMILES string of the molecule is O=C(NC(=S)N1CCN(c2ccc([N+](=O)[O-])cc2Cl)CC1)c1ccccc1[N+](=O)[O-]. The van der Waals surface area contributed by atoms with Crippen molar-refractivity contribution >= 4 is 51.9 Å². The van der Waals surface area contributed by atoms with Gasteiger partial charge in [0.15, 0.2) is 5.11 Å². The Labute approximate surface area is 181 Å². The van der Waals surface area contributed by atoms with Gasteiger partial charge in [0.1, 0.15) is 5.56 Å². The van der Waals surface area contributed by atoms with Gasteiger partial charge in [0.05, 0.1) is 20.6 Å². The van der Waals surface area contributed by atoms with Gasteiger partial charge in [-0.3, -0.25) is 30.3 Å². The molecule has 1 fully saturated rings. The number of nitro groups is 2. The first-order chi connectivity index (χ1) is 14.3. The number of carbonyl (C=O) groups excluding carboxylic acids is 1. The van der Waals surface area contributed by atoms with Gasteiger partial charge < -0.3 is 9.80 Å². The van der Waals surface area contributed by atoms with Crippen LogP contribution >= 0.6 is 23.8 Å². The number of hydrogen-bond donors (Lipinski definition) is 1. The van der Waals surface area contributed by atoms with Crippen LogP contribution in [0.25, 0.3) is 0 Å². The minimum atomic E-state index is -0.645. The van der Waals surface area contributed by atoms with E-state index in [4.69, 9.17) is 23.8 Å². The van der Waals surface area contributed by atoms with Crippen LogP contribution in [-0.4, -0.2) is 51.9 Å². The van der Waals surface area contributed by atoms with Gasteiger partial charge in [-0.25, -0.2) is 0 Å². The first kappa shape index (κ1) is 21.4. The molecule has 0 bridgehead atoms. The number of nitrogens with zero attached hydrogens (tertiary/aromatic N) is 4. The third-order valence-corrected chi connectivity index (χ3v) is 5.28. The van der Waals surface area contributed by atoms with Crippen molar-refractivity contribution in [1.29, 1.82) is 0 Å². The molecule has 12 heteroatoms. The number of amides is 1. The average Bonchev–Trinajstić information content (AvgIpc) is 2.73. The maximum Gasteiger partial charge on any atom is 0.282 e. The van der Waals surface area contributed by atoms with Crippen LogP contribution in [0, 0.1) is 20.2 Å². The predicted octanol–water partition coefficient (Wildman–Crippen LogP) is 2.99. The van der Waals surface area contributed by atoms with E-state index < -0.39 is 15.8 Å². The molecule has 0 aromatic heterocycles. The summed E-state index contributed by atoms with van der Waals surface area (Å²) in [4.78, 5) is 37.0. The summed E-state index contributed by atoms with van der Waals surface area (Å²) in [5.74, 6) is -0.645. The number of benzene rings is 2. The number of thiocarbonyl (C=S) groups is 1. The summed E-state index contributed by atoms with van der Waals surface area (Å²) in [5, 5.41) is 24.9. The van der Waals surface area contributed by atoms with Crippen LogP contribution in [0.4, 0.5) is 17.1 Å². The molecule has 1 heterocycles. The summed E-state index contributed by atoms with van der Waals surface area (Å²) in [6.45, 7) is 2.00. The van der Waals surface area contributed by atoms with E-state index in [2.05, 4.69) is 5.32 Å². The molecule has 1 aliphatic rings. The van der Waals surface area contributed by atoms with Crippen molar-refractivity contribution in [2.45, 2.75) is 0 Å². The zero-order chi connectivity index (χ0) is 21.8. The standard InChI is InChI=1S/C18H16ClN5O5S/c19-14-11-12(23(26)27)5-6-16(14)21-7-9-22(10-8-21)18(30)20-17(25)13-3-1-2-4-15(13)24(28)29/h1-6,11H,7-10H2,(H,20,25,30). The van der Waals surface area contributed by atoms with Gasteiger partial charge in [-0.05, 0) is 24.4 Å². The second-order valence-electron chi connectivity index (χ2n) is 6.40. The fourth-order valence-electron chi connectivity index (χ4n) is 3.08. The monoisotopic (exact) mass is 449 g/mol. The summed E-state index contributed by atoms with van der Waals surface area (Å²) in [6, 6.07) is 9.94. The quantitative estimate of drug-likeness (QED) is 0.429. The van der Waals surface area contributed by atoms with Gasteiger partial charge in [0.2, 0.25) is 0 Å². The average molecular weight is 450 g/mol. The molecule has 0 aliphatic carbocycles. The van der Waals surface area contributed by atoms with Crippen molar-refractivity contribution in [1.82, 2.24) is 10.2 Å². The molecule has 10 nitrogen and oxygen atoms in total. The summed E-state index contributed by atoms with van der Waals surface area (Å²) >= 11 is 11.5. The maximum absolute atomic E-state index is 12.4. The largest absolute Gasteiger partial charge is 0.367 e. The molecule has 0 spiro atoms. The van der Waals surface area contributed by atoms with E-state index in [0.29, 0.717) is 31.9 Å². The van der Waals surface area contributed by atoms with Crippen LogP contribution in [0.5, 0.6) is 0 Å². The van der Waals surface area contributed by atoms with E-state index in [0.717, 1.165) is 0 Å². The molecule has 0 atom stereocenters. The number of para-hydroxylation sites is 1. The fraction of sp³-hybridized carbons (Fsp3) is 0.222. The third kappa shape index (κ3) is 4.63. The predicted molar refractivity (Wildman–Crippen MR) is 115 cm³/mol. The Morgan fingerprint density at radius 2 is 1.70 bits per heavy atom. The van der Waals surface area contributed by atoms with Crippen molar-refractivity contribution in [3.63, 3.8) is 0 Å². The highest BCUT2D eigenvalue weighted by molar-refractivity contribution is 7.80. The molecular weight excluding hydrogens is 434 g/mol. The Morgan fingerprint density at radius 1 is 1.03 bits per heavy atom. The second kappa shape index (κ2) is 9.01. The lowest BCUT2D eigenvalue weighted by Gasteiger charge is -2.37. The lowest BCUT2D eigenvalue weighted by atomic mass is 10.1. The highest BCUT2D eigenvalue weighted by Gasteiger charge is 2.25. The Balaban J connectivity index is 1.61. The van der Waals surface area contributed by atoms with E-state index in [1.807, 2.05) is 4.90 Å². The molecule has 0 unspecified atom stereocenters. The maximum atomic E-state index is 12.4. The van der Waals surface area contributed by atoms with Crippen molar-refractivity contribution in [2.75, 3.05) is 31.1 Å². The molecule has 1 aliphatic heterocycles. The Bertz CT molecular complexity index is 1030. The van der Waals surface area contributed by atoms with Gasteiger partial charge >= 0.3 is 0 Å². The number of rotatable bonds is 4. The summed E-state index contributed by atoms with van der Waals surface area (Å²) in [6.07, 6.45) is 0. The van der Waals surface area contributed by atoms with Crippen LogP contribution in [0.1, 0.15) is 10.4 Å². The molecule has 1 N–H and O–H groups in total. The lowest BCUT2D eigenvalue weighted by molar-refractivity contribution is -0.385. The Kier molecular flexibility index (Phi) is 6.43. The van der Waals surface area contributed by atoms with E-state index in [9.17, 15) is 25.0 Å². The highest BCUT2D eigenvalue weighted by atomic mass is 35.5. The molecule has 0 saturated carbocycles. The van der Waals surface area contributed by atoms with E-state index in [-0.39, 0.29) is 27.1 Å². The first-order valence-corrected chi connectivity index (χ1v) is 9.59. The van der Waals surface area contributed by atoms with Crippen molar-refractivity contribution in [3.05, 3.63) is 73.3 Å². The highest BCUT2D eigenvalue weighted by Crippen LogP contribution is 2.30. The number of nitro benzene ring substituents is 2. The number of anilines is 1. The van der Waals surface area contributed by atoms with Crippen LogP contribution in [0.3, 0.4) is 0 Å². The van der Waals surface area contributed by atoms with Crippen LogP contribution < -0.4 is 10.2 Å². The third-order valence-electron chi connectivity index (χ3n) is 4.62. The zero-order valence-electron chi connectivity index (χ0n) is 15.5. The molecule has 2 aromatic carbocycles. The van der Waals surface area contributed by atoms with Gasteiger partial charge in [-0.1, -0.05) is 23.7 Å². The smallest absolute Gasteiger partial charge is 0.282 e. The minimum absolute atomic E-state index is 0.0684. The van der Waals surface area contributed by atoms with Crippen LogP contribution in [0.2, 0.25) is 5.02 Å². The van der Waals surface area contributed by atoms with Crippen molar-refractivity contribution in [2.24, 2.45) is 0 Å². The minimum Gasteiger partial charge on any atom is -0.367 e. The number of piperazine rings is 1. The molecule has 156 valence electrons. The number of carbonyl (C=O) groups is 1.